The van der Waals surface area contributed by atoms with Crippen LogP contribution in [0.3, 0.4) is 0 Å². The molecule has 1 heterocycles. The summed E-state index contributed by atoms with van der Waals surface area (Å²) >= 11 is 0. The van der Waals surface area contributed by atoms with Gasteiger partial charge in [-0.15, -0.1) is 0 Å². The molecule has 1 aliphatic heterocycles. The van der Waals surface area contributed by atoms with E-state index in [1.54, 1.807) is 36.2 Å². The zero-order valence-electron chi connectivity index (χ0n) is 13.9. The van der Waals surface area contributed by atoms with Crippen molar-refractivity contribution in [2.45, 2.75) is 12.5 Å². The number of hydrogen-bond donors (Lipinski definition) is 2. The van der Waals surface area contributed by atoms with Crippen molar-refractivity contribution < 1.29 is 19.4 Å². The molecule has 0 saturated carbocycles. The first-order valence-corrected chi connectivity index (χ1v) is 8.10. The Morgan fingerprint density at radius 2 is 1.72 bits per heavy atom. The molecular weight excluding hydrogens is 320 g/mol. The van der Waals surface area contributed by atoms with Gasteiger partial charge in [0.1, 0.15) is 11.5 Å². The van der Waals surface area contributed by atoms with E-state index in [0.717, 1.165) is 5.75 Å². The molecule has 25 heavy (non-hydrogen) atoms. The molecule has 6 heteroatoms. The number of benzene rings is 2. The molecule has 2 atom stereocenters. The van der Waals surface area contributed by atoms with E-state index in [4.69, 9.17) is 9.84 Å². The number of nitrogens with zero attached hydrogens (tertiary/aromatic N) is 1. The number of likely N-dealkylation sites (tertiary alicyclic amines) is 1. The molecule has 0 radical (unpaired) electrons. The van der Waals surface area contributed by atoms with Crippen LogP contribution in [0, 0.1) is 5.92 Å². The smallest absolute Gasteiger partial charge is 0.307 e. The molecule has 0 aliphatic carbocycles. The highest BCUT2D eigenvalue weighted by Gasteiger charge is 2.37. The molecule has 6 nitrogen and oxygen atoms in total. The predicted octanol–water partition coefficient (Wildman–Crippen LogP) is 2.82. The lowest BCUT2D eigenvalue weighted by Gasteiger charge is -2.18. The molecule has 2 N–H and O–H groups in total. The molecule has 1 amide bonds. The van der Waals surface area contributed by atoms with Crippen molar-refractivity contribution in [3.63, 3.8) is 0 Å². The lowest BCUT2D eigenvalue weighted by Crippen LogP contribution is -2.37. The van der Waals surface area contributed by atoms with Gasteiger partial charge in [0.2, 0.25) is 5.91 Å². The van der Waals surface area contributed by atoms with E-state index in [0.29, 0.717) is 24.4 Å². The van der Waals surface area contributed by atoms with Crippen LogP contribution in [0.2, 0.25) is 0 Å². The highest BCUT2D eigenvalue weighted by Crippen LogP contribution is 2.25. The van der Waals surface area contributed by atoms with Gasteiger partial charge in [0.25, 0.3) is 0 Å². The molecule has 0 spiro atoms. The van der Waals surface area contributed by atoms with Crippen LogP contribution in [-0.2, 0) is 9.59 Å². The lowest BCUT2D eigenvalue weighted by atomic mass is 10.1. The number of likely N-dealkylation sites (N-methyl/N-ethyl adjacent to an activating group) is 1. The van der Waals surface area contributed by atoms with Crippen molar-refractivity contribution in [3.8, 4) is 11.5 Å². The Morgan fingerprint density at radius 3 is 2.32 bits per heavy atom. The topological polar surface area (TPSA) is 78.9 Å². The number of carboxylic acids is 1. The first-order valence-electron chi connectivity index (χ1n) is 8.10. The summed E-state index contributed by atoms with van der Waals surface area (Å²) in [7, 11) is 1.77. The number of aliphatic carboxylic acids is 1. The summed E-state index contributed by atoms with van der Waals surface area (Å²) in [5.41, 5.74) is 0.651. The second-order valence-electron chi connectivity index (χ2n) is 6.15. The van der Waals surface area contributed by atoms with Crippen LogP contribution in [0.25, 0.3) is 0 Å². The molecule has 2 aromatic rings. The van der Waals surface area contributed by atoms with Gasteiger partial charge in [-0.3, -0.25) is 14.5 Å². The molecular formula is C19H20N2O4. The maximum absolute atomic E-state index is 12.4. The second kappa shape index (κ2) is 7.36. The Morgan fingerprint density at radius 1 is 1.08 bits per heavy atom. The van der Waals surface area contributed by atoms with E-state index in [-0.39, 0.29) is 5.91 Å². The average molecular weight is 340 g/mol. The molecule has 130 valence electrons. The van der Waals surface area contributed by atoms with Gasteiger partial charge < -0.3 is 15.2 Å². The maximum Gasteiger partial charge on any atom is 0.307 e. The third kappa shape index (κ3) is 4.16. The zero-order valence-corrected chi connectivity index (χ0v) is 13.9. The molecule has 1 saturated heterocycles. The second-order valence-corrected chi connectivity index (χ2v) is 6.15. The monoisotopic (exact) mass is 340 g/mol. The summed E-state index contributed by atoms with van der Waals surface area (Å²) in [4.78, 5) is 25.3. The van der Waals surface area contributed by atoms with Crippen molar-refractivity contribution in [1.82, 2.24) is 4.90 Å². The Bertz CT molecular complexity index is 746. The number of nitrogens with one attached hydrogen (secondary N) is 1. The fraction of sp³-hybridized carbons (Fsp3) is 0.263. The normalized spacial score (nSPS) is 20.2. The molecule has 0 aromatic heterocycles. The van der Waals surface area contributed by atoms with Gasteiger partial charge in [-0.25, -0.2) is 0 Å². The van der Waals surface area contributed by atoms with Gasteiger partial charge in [0.05, 0.1) is 12.0 Å². The fourth-order valence-corrected chi connectivity index (χ4v) is 2.94. The minimum absolute atomic E-state index is 0.192. The van der Waals surface area contributed by atoms with Crippen LogP contribution in [-0.4, -0.2) is 41.5 Å². The Kier molecular flexibility index (Phi) is 5.00. The SMILES string of the molecule is CN1CC(C(=O)O)CC1C(=O)Nc1ccc(Oc2ccccc2)cc1. The van der Waals surface area contributed by atoms with Crippen LogP contribution in [0.4, 0.5) is 5.69 Å². The highest BCUT2D eigenvalue weighted by atomic mass is 16.5. The first-order chi connectivity index (χ1) is 12.0. The van der Waals surface area contributed by atoms with Crippen LogP contribution in [0.1, 0.15) is 6.42 Å². The Balaban J connectivity index is 1.60. The molecule has 2 unspecified atom stereocenters. The van der Waals surface area contributed by atoms with Gasteiger partial charge >= 0.3 is 5.97 Å². The van der Waals surface area contributed by atoms with E-state index < -0.39 is 17.9 Å². The third-order valence-corrected chi connectivity index (χ3v) is 4.30. The summed E-state index contributed by atoms with van der Waals surface area (Å²) in [5.74, 6) is -0.130. The quantitative estimate of drug-likeness (QED) is 0.875. The number of carbonyl (C=O) groups excluding carboxylic acids is 1. The van der Waals surface area contributed by atoms with Crippen LogP contribution in [0.15, 0.2) is 54.6 Å². The van der Waals surface area contributed by atoms with E-state index in [2.05, 4.69) is 5.32 Å². The van der Waals surface area contributed by atoms with E-state index >= 15 is 0 Å². The number of hydrogen-bond acceptors (Lipinski definition) is 4. The standard InChI is InChI=1S/C19H20N2O4/c1-21-12-13(19(23)24)11-17(21)18(22)20-14-7-9-16(10-8-14)25-15-5-3-2-4-6-15/h2-10,13,17H,11-12H2,1H3,(H,20,22)(H,23,24). The molecule has 3 rings (SSSR count). The van der Waals surface area contributed by atoms with Gasteiger partial charge in [-0.05, 0) is 49.9 Å². The largest absolute Gasteiger partial charge is 0.481 e. The molecule has 1 fully saturated rings. The number of carbonyl (C=O) groups is 2. The van der Waals surface area contributed by atoms with Crippen molar-refractivity contribution in [3.05, 3.63) is 54.6 Å². The van der Waals surface area contributed by atoms with Crippen LogP contribution in [0.5, 0.6) is 11.5 Å². The first kappa shape index (κ1) is 17.0. The Labute approximate surface area is 146 Å². The zero-order chi connectivity index (χ0) is 17.8. The van der Waals surface area contributed by atoms with Crippen molar-refractivity contribution in [2.24, 2.45) is 5.92 Å². The predicted molar refractivity (Wildman–Crippen MR) is 93.7 cm³/mol. The number of ether oxygens (including phenoxy) is 1. The van der Waals surface area contributed by atoms with Gasteiger partial charge in [-0.1, -0.05) is 18.2 Å². The molecule has 1 aliphatic rings. The number of amides is 1. The van der Waals surface area contributed by atoms with Gasteiger partial charge in [0.15, 0.2) is 0 Å². The minimum atomic E-state index is -0.857. The van der Waals surface area contributed by atoms with Gasteiger partial charge in [-0.2, -0.15) is 0 Å². The number of para-hydroxylation sites is 1. The van der Waals surface area contributed by atoms with Gasteiger partial charge in [0, 0.05) is 12.2 Å². The molecule has 2 aromatic carbocycles. The van der Waals surface area contributed by atoms with Crippen molar-refractivity contribution >= 4 is 17.6 Å². The third-order valence-electron chi connectivity index (χ3n) is 4.30. The van der Waals surface area contributed by atoms with Crippen LogP contribution >= 0.6 is 0 Å². The average Bonchev–Trinajstić information content (AvgIpc) is 3.00. The maximum atomic E-state index is 12.4. The summed E-state index contributed by atoms with van der Waals surface area (Å²) in [5, 5.41) is 11.9. The number of rotatable bonds is 5. The lowest BCUT2D eigenvalue weighted by molar-refractivity contribution is -0.141. The fourth-order valence-electron chi connectivity index (χ4n) is 2.94. The van der Waals surface area contributed by atoms with Crippen molar-refractivity contribution in [2.75, 3.05) is 18.9 Å². The van der Waals surface area contributed by atoms with E-state index in [1.807, 2.05) is 30.3 Å². The molecule has 0 bridgehead atoms. The highest BCUT2D eigenvalue weighted by molar-refractivity contribution is 5.95. The summed E-state index contributed by atoms with van der Waals surface area (Å²) in [6.45, 7) is 0.386. The summed E-state index contributed by atoms with van der Waals surface area (Å²) in [6, 6.07) is 16.1. The van der Waals surface area contributed by atoms with E-state index in [1.165, 1.54) is 0 Å². The minimum Gasteiger partial charge on any atom is -0.481 e. The van der Waals surface area contributed by atoms with Crippen LogP contribution < -0.4 is 10.1 Å². The Hall–Kier alpha value is -2.86. The van der Waals surface area contributed by atoms with E-state index in [9.17, 15) is 9.59 Å². The number of anilines is 1. The number of carboxylic acid groups (broad SMARTS) is 1. The summed E-state index contributed by atoms with van der Waals surface area (Å²) in [6.07, 6.45) is 0.326. The summed E-state index contributed by atoms with van der Waals surface area (Å²) < 4.78 is 5.71. The van der Waals surface area contributed by atoms with Crippen molar-refractivity contribution in [1.29, 1.82) is 0 Å².